The van der Waals surface area contributed by atoms with Gasteiger partial charge in [0, 0.05) is 19.1 Å². The molecular weight excluding hydrogens is 318 g/mol. The van der Waals surface area contributed by atoms with E-state index < -0.39 is 5.60 Å². The van der Waals surface area contributed by atoms with Crippen molar-refractivity contribution in [3.05, 3.63) is 35.4 Å². The standard InChI is InChI=1S/C19H27N3OS/c20-13-16-1-3-17(4-2-16)14-22-9-5-18(6-10-22)21-15-19(23)7-11-24-12-8-19/h1-4,18,21,23H,5-12,14-15H2. The second-order valence-electron chi connectivity index (χ2n) is 7.08. The number of benzene rings is 1. The molecule has 4 nitrogen and oxygen atoms in total. The normalized spacial score (nSPS) is 22.2. The van der Waals surface area contributed by atoms with E-state index in [1.54, 1.807) is 0 Å². The Morgan fingerprint density at radius 2 is 1.88 bits per heavy atom. The fourth-order valence-corrected chi connectivity index (χ4v) is 4.75. The lowest BCUT2D eigenvalue weighted by Crippen LogP contribution is -2.49. The Balaban J connectivity index is 1.39. The maximum absolute atomic E-state index is 10.6. The van der Waals surface area contributed by atoms with Crippen LogP contribution in [0.5, 0.6) is 0 Å². The summed E-state index contributed by atoms with van der Waals surface area (Å²) >= 11 is 1.95. The number of rotatable bonds is 5. The first-order valence-electron chi connectivity index (χ1n) is 8.92. The molecule has 3 rings (SSSR count). The average Bonchev–Trinajstić information content (AvgIpc) is 2.62. The van der Waals surface area contributed by atoms with Gasteiger partial charge in [-0.25, -0.2) is 0 Å². The second-order valence-corrected chi connectivity index (χ2v) is 8.30. The highest BCUT2D eigenvalue weighted by Crippen LogP contribution is 2.26. The SMILES string of the molecule is N#Cc1ccc(CN2CCC(NCC3(O)CCSCC3)CC2)cc1. The lowest BCUT2D eigenvalue weighted by molar-refractivity contribution is 0.0268. The third-order valence-corrected chi connectivity index (χ3v) is 6.21. The van der Waals surface area contributed by atoms with Crippen LogP contribution in [0.25, 0.3) is 0 Å². The number of hydrogen-bond acceptors (Lipinski definition) is 5. The fourth-order valence-electron chi connectivity index (χ4n) is 3.50. The van der Waals surface area contributed by atoms with Gasteiger partial charge in [-0.15, -0.1) is 0 Å². The van der Waals surface area contributed by atoms with Crippen molar-refractivity contribution in [1.82, 2.24) is 10.2 Å². The molecule has 0 saturated carbocycles. The van der Waals surface area contributed by atoms with Crippen LogP contribution in [0.2, 0.25) is 0 Å². The van der Waals surface area contributed by atoms with Gasteiger partial charge in [0.15, 0.2) is 0 Å². The van der Waals surface area contributed by atoms with Crippen LogP contribution in [0.1, 0.15) is 36.8 Å². The molecule has 0 aromatic heterocycles. The molecule has 0 radical (unpaired) electrons. The number of nitriles is 1. The van der Waals surface area contributed by atoms with Gasteiger partial charge in [-0.1, -0.05) is 12.1 Å². The van der Waals surface area contributed by atoms with Crippen LogP contribution < -0.4 is 5.32 Å². The number of nitrogens with one attached hydrogen (secondary N) is 1. The van der Waals surface area contributed by atoms with E-state index in [4.69, 9.17) is 5.26 Å². The quantitative estimate of drug-likeness (QED) is 0.858. The zero-order chi connectivity index (χ0) is 16.8. The van der Waals surface area contributed by atoms with Crippen molar-refractivity contribution in [3.8, 4) is 6.07 Å². The fraction of sp³-hybridized carbons (Fsp3) is 0.632. The molecule has 5 heteroatoms. The summed E-state index contributed by atoms with van der Waals surface area (Å²) in [7, 11) is 0. The molecule has 2 aliphatic heterocycles. The third kappa shape index (κ3) is 4.97. The average molecular weight is 346 g/mol. The summed E-state index contributed by atoms with van der Waals surface area (Å²) in [4.78, 5) is 2.48. The summed E-state index contributed by atoms with van der Waals surface area (Å²) in [6, 6.07) is 10.6. The number of likely N-dealkylation sites (tertiary alicyclic amines) is 1. The first-order valence-corrected chi connectivity index (χ1v) is 10.1. The number of thioether (sulfide) groups is 1. The maximum Gasteiger partial charge on any atom is 0.0991 e. The predicted molar refractivity (Wildman–Crippen MR) is 99.0 cm³/mol. The molecule has 130 valence electrons. The minimum absolute atomic E-state index is 0.481. The van der Waals surface area contributed by atoms with E-state index >= 15 is 0 Å². The maximum atomic E-state index is 10.6. The van der Waals surface area contributed by atoms with Crippen molar-refractivity contribution in [1.29, 1.82) is 5.26 Å². The summed E-state index contributed by atoms with van der Waals surface area (Å²) in [6.45, 7) is 3.88. The molecule has 24 heavy (non-hydrogen) atoms. The first-order chi connectivity index (χ1) is 11.7. The Labute approximate surface area is 149 Å². The second kappa shape index (κ2) is 8.35. The van der Waals surface area contributed by atoms with Crippen LogP contribution >= 0.6 is 11.8 Å². The molecule has 2 fully saturated rings. The van der Waals surface area contributed by atoms with Crippen molar-refractivity contribution in [2.45, 2.75) is 43.9 Å². The van der Waals surface area contributed by atoms with E-state index in [1.807, 2.05) is 23.9 Å². The lowest BCUT2D eigenvalue weighted by atomic mass is 9.95. The summed E-state index contributed by atoms with van der Waals surface area (Å²) in [6.07, 6.45) is 4.12. The summed E-state index contributed by atoms with van der Waals surface area (Å²) in [5.41, 5.74) is 1.51. The smallest absolute Gasteiger partial charge is 0.0991 e. The molecule has 2 heterocycles. The summed E-state index contributed by atoms with van der Waals surface area (Å²) in [5.74, 6) is 2.17. The monoisotopic (exact) mass is 345 g/mol. The molecule has 2 N–H and O–H groups in total. The van der Waals surface area contributed by atoms with Gasteiger partial charge in [0.1, 0.15) is 0 Å². The van der Waals surface area contributed by atoms with Crippen LogP contribution in [0.15, 0.2) is 24.3 Å². The van der Waals surface area contributed by atoms with Crippen molar-refractivity contribution in [2.75, 3.05) is 31.1 Å². The molecule has 0 amide bonds. The van der Waals surface area contributed by atoms with Gasteiger partial charge in [-0.05, 0) is 68.0 Å². The van der Waals surface area contributed by atoms with E-state index in [0.29, 0.717) is 6.04 Å². The Bertz CT molecular complexity index is 555. The summed E-state index contributed by atoms with van der Waals surface area (Å²) < 4.78 is 0. The van der Waals surface area contributed by atoms with Gasteiger partial charge >= 0.3 is 0 Å². The van der Waals surface area contributed by atoms with Crippen LogP contribution in [0.4, 0.5) is 0 Å². The van der Waals surface area contributed by atoms with Crippen molar-refractivity contribution in [3.63, 3.8) is 0 Å². The number of aliphatic hydroxyl groups is 1. The van der Waals surface area contributed by atoms with Crippen molar-refractivity contribution >= 4 is 11.8 Å². The zero-order valence-corrected chi connectivity index (χ0v) is 15.0. The molecule has 0 atom stereocenters. The number of piperidine rings is 1. The molecule has 1 aromatic carbocycles. The molecule has 0 spiro atoms. The molecule has 1 aromatic rings. The van der Waals surface area contributed by atoms with Gasteiger partial charge in [0.2, 0.25) is 0 Å². The van der Waals surface area contributed by atoms with Crippen molar-refractivity contribution in [2.24, 2.45) is 0 Å². The van der Waals surface area contributed by atoms with Gasteiger partial charge in [-0.2, -0.15) is 17.0 Å². The van der Waals surface area contributed by atoms with E-state index in [1.165, 1.54) is 5.56 Å². The predicted octanol–water partition coefficient (Wildman–Crippen LogP) is 2.37. The first kappa shape index (κ1) is 17.8. The van der Waals surface area contributed by atoms with Gasteiger partial charge in [0.05, 0.1) is 17.2 Å². The highest BCUT2D eigenvalue weighted by molar-refractivity contribution is 7.99. The van der Waals surface area contributed by atoms with Gasteiger partial charge in [0.25, 0.3) is 0 Å². The van der Waals surface area contributed by atoms with Crippen LogP contribution in [0, 0.1) is 11.3 Å². The molecule has 0 aliphatic carbocycles. The van der Waals surface area contributed by atoms with E-state index in [0.717, 1.165) is 68.9 Å². The van der Waals surface area contributed by atoms with Gasteiger partial charge < -0.3 is 10.4 Å². The lowest BCUT2D eigenvalue weighted by Gasteiger charge is -2.36. The molecular formula is C19H27N3OS. The minimum atomic E-state index is -0.481. The highest BCUT2D eigenvalue weighted by atomic mass is 32.2. The topological polar surface area (TPSA) is 59.3 Å². The molecule has 2 saturated heterocycles. The Hall–Kier alpha value is -1.06. The van der Waals surface area contributed by atoms with Gasteiger partial charge in [-0.3, -0.25) is 4.90 Å². The third-order valence-electron chi connectivity index (χ3n) is 5.22. The van der Waals surface area contributed by atoms with Crippen LogP contribution in [-0.2, 0) is 6.54 Å². The molecule has 2 aliphatic rings. The summed E-state index contributed by atoms with van der Waals surface area (Å²) in [5, 5.41) is 23.0. The van der Waals surface area contributed by atoms with Crippen molar-refractivity contribution < 1.29 is 5.11 Å². The zero-order valence-electron chi connectivity index (χ0n) is 14.2. The molecule has 0 bridgehead atoms. The number of nitrogens with zero attached hydrogens (tertiary/aromatic N) is 2. The van der Waals surface area contributed by atoms with E-state index in [9.17, 15) is 5.11 Å². The van der Waals surface area contributed by atoms with E-state index in [-0.39, 0.29) is 0 Å². The Morgan fingerprint density at radius 1 is 1.21 bits per heavy atom. The Kier molecular flexibility index (Phi) is 6.18. The Morgan fingerprint density at radius 3 is 2.50 bits per heavy atom. The minimum Gasteiger partial charge on any atom is -0.389 e. The number of hydrogen-bond donors (Lipinski definition) is 2. The van der Waals surface area contributed by atoms with E-state index in [2.05, 4.69) is 28.4 Å². The highest BCUT2D eigenvalue weighted by Gasteiger charge is 2.30. The largest absolute Gasteiger partial charge is 0.389 e. The molecule has 0 unspecified atom stereocenters. The van der Waals surface area contributed by atoms with Crippen LogP contribution in [0.3, 0.4) is 0 Å². The van der Waals surface area contributed by atoms with Crippen LogP contribution in [-0.4, -0.2) is 52.8 Å².